The van der Waals surface area contributed by atoms with Gasteiger partial charge in [0.2, 0.25) is 11.9 Å². The molecule has 0 bridgehead atoms. The maximum absolute atomic E-state index is 13.9. The quantitative estimate of drug-likeness (QED) is 0.247. The molecule has 1 unspecified atom stereocenters. The van der Waals surface area contributed by atoms with Gasteiger partial charge in [-0.15, -0.1) is 0 Å². The van der Waals surface area contributed by atoms with Crippen LogP contribution in [-0.4, -0.2) is 15.1 Å². The van der Waals surface area contributed by atoms with E-state index in [1.54, 1.807) is 55.5 Å². The summed E-state index contributed by atoms with van der Waals surface area (Å²) in [7, 11) is 0. The normalized spacial score (nSPS) is 12.5. The number of hydrogen-bond acceptors (Lipinski definition) is 5. The lowest BCUT2D eigenvalue weighted by molar-refractivity contribution is -0.524. The van der Waals surface area contributed by atoms with Crippen molar-refractivity contribution in [3.63, 3.8) is 0 Å². The van der Waals surface area contributed by atoms with Crippen LogP contribution in [0.5, 0.6) is 0 Å². The summed E-state index contributed by atoms with van der Waals surface area (Å²) < 4.78 is 46.9. The molecule has 168 valence electrons. The summed E-state index contributed by atoms with van der Waals surface area (Å²) in [6.45, 7) is 3.23. The van der Waals surface area contributed by atoms with Crippen LogP contribution in [0.1, 0.15) is 29.7 Å². The van der Waals surface area contributed by atoms with Gasteiger partial charge in [0.25, 0.3) is 5.89 Å². The number of nitro groups is 1. The smallest absolute Gasteiger partial charge is 0.334 e. The second kappa shape index (κ2) is 8.50. The van der Waals surface area contributed by atoms with Crippen LogP contribution in [0.4, 0.5) is 13.2 Å². The number of rotatable bonds is 5. The van der Waals surface area contributed by atoms with E-state index in [9.17, 15) is 23.3 Å². The van der Waals surface area contributed by atoms with Gasteiger partial charge in [-0.3, -0.25) is 10.1 Å². The number of halogens is 3. The molecule has 0 fully saturated rings. The molecule has 0 aliphatic carbocycles. The van der Waals surface area contributed by atoms with Crippen molar-refractivity contribution in [1.29, 1.82) is 0 Å². The van der Waals surface area contributed by atoms with E-state index in [1.165, 1.54) is 19.1 Å². The molecule has 0 saturated heterocycles. The number of alkyl halides is 3. The minimum absolute atomic E-state index is 0.0606. The standard InChI is InChI=1S/C24H18F3N3O3/c1-14-5-3-4-6-19(14)20-12-11-18(13-21(20)24(25,26)27)23-28-22(29-33-23)17-9-7-16(8-10-17)15(2)30(31)32/h3-13,15H,1-2H3. The summed E-state index contributed by atoms with van der Waals surface area (Å²) in [5.74, 6) is 0.108. The highest BCUT2D eigenvalue weighted by Crippen LogP contribution is 2.40. The molecule has 4 rings (SSSR count). The third kappa shape index (κ3) is 4.48. The molecule has 3 aromatic carbocycles. The third-order valence-corrected chi connectivity index (χ3v) is 5.40. The molecule has 0 aliphatic heterocycles. The van der Waals surface area contributed by atoms with Gasteiger partial charge in [-0.1, -0.05) is 59.8 Å². The van der Waals surface area contributed by atoms with E-state index < -0.39 is 22.7 Å². The van der Waals surface area contributed by atoms with E-state index in [2.05, 4.69) is 10.1 Å². The fourth-order valence-electron chi connectivity index (χ4n) is 3.51. The van der Waals surface area contributed by atoms with E-state index in [0.29, 0.717) is 16.7 Å². The van der Waals surface area contributed by atoms with E-state index >= 15 is 0 Å². The summed E-state index contributed by atoms with van der Waals surface area (Å²) in [6.07, 6.45) is -4.58. The van der Waals surface area contributed by atoms with Gasteiger partial charge < -0.3 is 4.52 Å². The van der Waals surface area contributed by atoms with Gasteiger partial charge in [-0.05, 0) is 35.7 Å². The highest BCUT2D eigenvalue weighted by molar-refractivity contribution is 5.74. The molecule has 6 nitrogen and oxygen atoms in total. The van der Waals surface area contributed by atoms with Crippen LogP contribution in [0.2, 0.25) is 0 Å². The molecular weight excluding hydrogens is 435 g/mol. The second-order valence-electron chi connectivity index (χ2n) is 7.58. The minimum Gasteiger partial charge on any atom is -0.334 e. The van der Waals surface area contributed by atoms with Crippen LogP contribution in [-0.2, 0) is 6.18 Å². The van der Waals surface area contributed by atoms with Crippen molar-refractivity contribution in [3.8, 4) is 34.0 Å². The fraction of sp³-hybridized carbons (Fsp3) is 0.167. The largest absolute Gasteiger partial charge is 0.417 e. The Kier molecular flexibility index (Phi) is 5.71. The molecule has 1 heterocycles. The highest BCUT2D eigenvalue weighted by Gasteiger charge is 2.34. The zero-order valence-electron chi connectivity index (χ0n) is 17.6. The summed E-state index contributed by atoms with van der Waals surface area (Å²) >= 11 is 0. The molecule has 0 aliphatic rings. The first kappa shape index (κ1) is 22.2. The van der Waals surface area contributed by atoms with Gasteiger partial charge in [0, 0.05) is 28.5 Å². The molecule has 4 aromatic rings. The van der Waals surface area contributed by atoms with Crippen LogP contribution in [0.3, 0.4) is 0 Å². The van der Waals surface area contributed by atoms with Gasteiger partial charge >= 0.3 is 6.18 Å². The van der Waals surface area contributed by atoms with Crippen molar-refractivity contribution in [2.75, 3.05) is 0 Å². The van der Waals surface area contributed by atoms with Crippen LogP contribution in [0, 0.1) is 17.0 Å². The molecule has 9 heteroatoms. The average molecular weight is 453 g/mol. The summed E-state index contributed by atoms with van der Waals surface area (Å²) in [4.78, 5) is 14.8. The number of aromatic nitrogens is 2. The van der Waals surface area contributed by atoms with Crippen molar-refractivity contribution in [1.82, 2.24) is 10.1 Å². The Morgan fingerprint density at radius 2 is 1.64 bits per heavy atom. The van der Waals surface area contributed by atoms with Gasteiger partial charge in [0.15, 0.2) is 0 Å². The van der Waals surface area contributed by atoms with E-state index in [4.69, 9.17) is 4.52 Å². The molecule has 0 spiro atoms. The lowest BCUT2D eigenvalue weighted by Crippen LogP contribution is -2.08. The summed E-state index contributed by atoms with van der Waals surface area (Å²) in [6, 6.07) is 16.3. The first-order chi connectivity index (χ1) is 15.6. The first-order valence-electron chi connectivity index (χ1n) is 10.0. The predicted molar refractivity (Wildman–Crippen MR) is 116 cm³/mol. The van der Waals surface area contributed by atoms with Crippen molar-refractivity contribution < 1.29 is 22.6 Å². The summed E-state index contributed by atoms with van der Waals surface area (Å²) in [5, 5.41) is 14.8. The van der Waals surface area contributed by atoms with E-state index in [0.717, 1.165) is 11.6 Å². The Morgan fingerprint density at radius 3 is 2.27 bits per heavy atom. The Bertz CT molecular complexity index is 1310. The number of benzene rings is 3. The van der Waals surface area contributed by atoms with Crippen molar-refractivity contribution >= 4 is 0 Å². The average Bonchev–Trinajstić information content (AvgIpc) is 3.28. The topological polar surface area (TPSA) is 82.1 Å². The van der Waals surface area contributed by atoms with Crippen LogP contribution in [0.15, 0.2) is 71.3 Å². The Morgan fingerprint density at radius 1 is 0.970 bits per heavy atom. The van der Waals surface area contributed by atoms with Crippen molar-refractivity contribution in [2.45, 2.75) is 26.1 Å². The number of nitrogens with zero attached hydrogens (tertiary/aromatic N) is 3. The minimum atomic E-state index is -4.58. The lowest BCUT2D eigenvalue weighted by atomic mass is 9.94. The maximum Gasteiger partial charge on any atom is 0.417 e. The Balaban J connectivity index is 1.70. The number of hydrogen-bond donors (Lipinski definition) is 0. The number of aryl methyl sites for hydroxylation is 1. The molecule has 0 saturated carbocycles. The van der Waals surface area contributed by atoms with E-state index in [-0.39, 0.29) is 22.8 Å². The summed E-state index contributed by atoms with van der Waals surface area (Å²) in [5.41, 5.74) is 1.66. The zero-order valence-corrected chi connectivity index (χ0v) is 17.6. The molecule has 0 amide bonds. The SMILES string of the molecule is Cc1ccccc1-c1ccc(-c2nc(-c3ccc(C(C)[N+](=O)[O-])cc3)no2)cc1C(F)(F)F. The van der Waals surface area contributed by atoms with Gasteiger partial charge in [-0.25, -0.2) is 0 Å². The molecular formula is C24H18F3N3O3. The van der Waals surface area contributed by atoms with Crippen molar-refractivity contribution in [2.24, 2.45) is 0 Å². The lowest BCUT2D eigenvalue weighted by Gasteiger charge is -2.15. The van der Waals surface area contributed by atoms with Crippen molar-refractivity contribution in [3.05, 3.63) is 93.5 Å². The molecule has 1 atom stereocenters. The highest BCUT2D eigenvalue weighted by atomic mass is 19.4. The van der Waals surface area contributed by atoms with Gasteiger partial charge in [0.05, 0.1) is 5.56 Å². The maximum atomic E-state index is 13.9. The van der Waals surface area contributed by atoms with E-state index in [1.807, 2.05) is 0 Å². The Hall–Kier alpha value is -4.01. The second-order valence-corrected chi connectivity index (χ2v) is 7.58. The van der Waals surface area contributed by atoms with Crippen LogP contribution >= 0.6 is 0 Å². The first-order valence-corrected chi connectivity index (χ1v) is 10.0. The van der Waals surface area contributed by atoms with Gasteiger partial charge in [-0.2, -0.15) is 18.2 Å². The predicted octanol–water partition coefficient (Wildman–Crippen LogP) is 6.74. The monoisotopic (exact) mass is 453 g/mol. The molecule has 1 aromatic heterocycles. The van der Waals surface area contributed by atoms with Crippen LogP contribution < -0.4 is 0 Å². The molecule has 0 N–H and O–H groups in total. The fourth-order valence-corrected chi connectivity index (χ4v) is 3.51. The molecule has 33 heavy (non-hydrogen) atoms. The zero-order chi connectivity index (χ0) is 23.8. The molecule has 0 radical (unpaired) electrons. The van der Waals surface area contributed by atoms with Crippen LogP contribution in [0.25, 0.3) is 34.0 Å². The Labute approximate surface area is 186 Å². The third-order valence-electron chi connectivity index (χ3n) is 5.40. The van der Waals surface area contributed by atoms with Gasteiger partial charge in [0.1, 0.15) is 0 Å².